The minimum Gasteiger partial charge on any atom is -0.394 e. The van der Waals surface area contributed by atoms with Crippen LogP contribution in [0.25, 0.3) is 0 Å². The number of nitriles is 1. The molecule has 7 nitrogen and oxygen atoms in total. The van der Waals surface area contributed by atoms with Crippen LogP contribution in [0.5, 0.6) is 0 Å². The summed E-state index contributed by atoms with van der Waals surface area (Å²) >= 11 is 0. The fourth-order valence-corrected chi connectivity index (χ4v) is 1.98. The van der Waals surface area contributed by atoms with Crippen molar-refractivity contribution in [1.29, 1.82) is 5.26 Å². The Kier molecular flexibility index (Phi) is 6.62. The Morgan fingerprint density at radius 2 is 2.05 bits per heavy atom. The third-order valence-electron chi connectivity index (χ3n) is 3.46. The Balaban J connectivity index is 2.61. The van der Waals surface area contributed by atoms with Crippen LogP contribution in [0.2, 0.25) is 0 Å². The number of hydrogen-bond donors (Lipinski definition) is 3. The number of piperazine rings is 1. The largest absolute Gasteiger partial charge is 0.394 e. The van der Waals surface area contributed by atoms with Crippen molar-refractivity contribution in [3.8, 4) is 6.07 Å². The molecule has 1 rings (SSSR count). The minimum absolute atomic E-state index is 0.0591. The van der Waals surface area contributed by atoms with Gasteiger partial charge in [-0.25, -0.2) is 0 Å². The second kappa shape index (κ2) is 7.98. The van der Waals surface area contributed by atoms with Gasteiger partial charge in [0.2, 0.25) is 0 Å². The summed E-state index contributed by atoms with van der Waals surface area (Å²) < 4.78 is 0. The molecular weight excluding hydrogens is 270 g/mol. The van der Waals surface area contributed by atoms with Gasteiger partial charge >= 0.3 is 0 Å². The average Bonchev–Trinajstić information content (AvgIpc) is 2.48. The van der Waals surface area contributed by atoms with E-state index in [1.54, 1.807) is 18.7 Å². The van der Waals surface area contributed by atoms with Gasteiger partial charge in [0.05, 0.1) is 12.1 Å². The van der Waals surface area contributed by atoms with Crippen LogP contribution in [-0.4, -0.2) is 72.2 Å². The van der Waals surface area contributed by atoms with Crippen LogP contribution in [-0.2, 0) is 4.79 Å². The quantitative estimate of drug-likeness (QED) is 0.422. The zero-order valence-corrected chi connectivity index (χ0v) is 12.8. The Morgan fingerprint density at radius 3 is 2.52 bits per heavy atom. The van der Waals surface area contributed by atoms with E-state index in [-0.39, 0.29) is 18.1 Å². The number of nitrogens with one attached hydrogen (secondary N) is 1. The third kappa shape index (κ3) is 5.34. The predicted molar refractivity (Wildman–Crippen MR) is 80.1 cm³/mol. The molecule has 0 spiro atoms. The first-order valence-electron chi connectivity index (χ1n) is 7.14. The van der Waals surface area contributed by atoms with Gasteiger partial charge < -0.3 is 21.1 Å². The minimum atomic E-state index is -0.567. The van der Waals surface area contributed by atoms with Crippen LogP contribution in [0, 0.1) is 11.3 Å². The Hall–Kier alpha value is -1.62. The molecule has 21 heavy (non-hydrogen) atoms. The maximum atomic E-state index is 12.3. The summed E-state index contributed by atoms with van der Waals surface area (Å²) in [7, 11) is 0. The van der Waals surface area contributed by atoms with Crippen LogP contribution in [0.4, 0.5) is 0 Å². The van der Waals surface area contributed by atoms with Crippen LogP contribution in [0.15, 0.2) is 11.8 Å². The van der Waals surface area contributed by atoms with Crippen LogP contribution in [0.1, 0.15) is 13.8 Å². The molecule has 0 unspecified atom stereocenters. The molecule has 0 saturated carbocycles. The highest BCUT2D eigenvalue weighted by Crippen LogP contribution is 2.07. The molecule has 118 valence electrons. The maximum Gasteiger partial charge on any atom is 0.266 e. The van der Waals surface area contributed by atoms with Crippen molar-refractivity contribution < 1.29 is 9.90 Å². The van der Waals surface area contributed by atoms with Crippen LogP contribution < -0.4 is 11.1 Å². The van der Waals surface area contributed by atoms with Gasteiger partial charge in [-0.05, 0) is 13.8 Å². The predicted octanol–water partition coefficient (Wildman–Crippen LogP) is -1.14. The van der Waals surface area contributed by atoms with Crippen molar-refractivity contribution in [3.63, 3.8) is 0 Å². The van der Waals surface area contributed by atoms with E-state index in [1.165, 1.54) is 6.20 Å². The van der Waals surface area contributed by atoms with Gasteiger partial charge in [0.15, 0.2) is 0 Å². The summed E-state index contributed by atoms with van der Waals surface area (Å²) in [5, 5.41) is 21.2. The second-order valence-corrected chi connectivity index (χ2v) is 5.78. The van der Waals surface area contributed by atoms with Crippen LogP contribution >= 0.6 is 0 Å². The second-order valence-electron chi connectivity index (χ2n) is 5.78. The summed E-state index contributed by atoms with van der Waals surface area (Å²) in [6, 6.07) is 1.92. The highest BCUT2D eigenvalue weighted by atomic mass is 16.3. The van der Waals surface area contributed by atoms with E-state index in [4.69, 9.17) is 16.1 Å². The average molecular weight is 295 g/mol. The smallest absolute Gasteiger partial charge is 0.266 e. The molecule has 0 radical (unpaired) electrons. The highest BCUT2D eigenvalue weighted by Gasteiger charge is 2.24. The van der Waals surface area contributed by atoms with Gasteiger partial charge in [0.1, 0.15) is 11.6 Å². The lowest BCUT2D eigenvalue weighted by Crippen LogP contribution is -2.50. The lowest BCUT2D eigenvalue weighted by atomic mass is 10.1. The van der Waals surface area contributed by atoms with E-state index < -0.39 is 5.54 Å². The normalized spacial score (nSPS) is 17.5. The summed E-state index contributed by atoms with van der Waals surface area (Å²) in [4.78, 5) is 16.2. The van der Waals surface area contributed by atoms with Crippen molar-refractivity contribution in [2.24, 2.45) is 5.73 Å². The molecular formula is C14H25N5O2. The van der Waals surface area contributed by atoms with Crippen LogP contribution in [0.3, 0.4) is 0 Å². The van der Waals surface area contributed by atoms with Gasteiger partial charge in [0, 0.05) is 45.5 Å². The lowest BCUT2D eigenvalue weighted by molar-refractivity contribution is -0.128. The molecule has 4 N–H and O–H groups in total. The summed E-state index contributed by atoms with van der Waals surface area (Å²) in [5.74, 6) is -0.272. The maximum absolute atomic E-state index is 12.3. The Morgan fingerprint density at radius 1 is 1.43 bits per heavy atom. The molecule has 0 bridgehead atoms. The van der Waals surface area contributed by atoms with E-state index >= 15 is 0 Å². The van der Waals surface area contributed by atoms with Crippen molar-refractivity contribution in [2.75, 3.05) is 45.9 Å². The third-order valence-corrected chi connectivity index (χ3v) is 3.46. The van der Waals surface area contributed by atoms with E-state index in [9.17, 15) is 4.79 Å². The molecule has 1 amide bonds. The number of hydrogen-bond acceptors (Lipinski definition) is 6. The number of carbonyl (C=O) groups excluding carboxylic acids is 1. The molecule has 0 aliphatic carbocycles. The number of nitrogens with two attached hydrogens (primary N) is 1. The van der Waals surface area contributed by atoms with Crippen molar-refractivity contribution in [2.45, 2.75) is 19.4 Å². The molecule has 1 aliphatic heterocycles. The lowest BCUT2D eigenvalue weighted by Gasteiger charge is -2.34. The monoisotopic (exact) mass is 295 g/mol. The highest BCUT2D eigenvalue weighted by molar-refractivity contribution is 5.97. The Bertz CT molecular complexity index is 420. The topological polar surface area (TPSA) is 106 Å². The first-order chi connectivity index (χ1) is 9.93. The number of carbonyl (C=O) groups is 1. The van der Waals surface area contributed by atoms with Crippen molar-refractivity contribution >= 4 is 5.91 Å². The van der Waals surface area contributed by atoms with Gasteiger partial charge in [-0.2, -0.15) is 5.26 Å². The number of aliphatic hydroxyl groups is 1. The molecule has 0 aromatic heterocycles. The molecule has 1 fully saturated rings. The first kappa shape index (κ1) is 17.4. The SMILES string of the molecule is CC(C)(CO)N/C=C(/C#N)C(=O)N1CCN(CCN)CC1. The summed E-state index contributed by atoms with van der Waals surface area (Å²) in [5.41, 5.74) is 5.01. The fourth-order valence-electron chi connectivity index (χ4n) is 1.98. The Labute approximate surface area is 126 Å². The van der Waals surface area contributed by atoms with Gasteiger partial charge in [-0.3, -0.25) is 9.69 Å². The standard InChI is InChI=1S/C14H25N5O2/c1-14(2,11-20)17-10-12(9-16)13(21)19-7-5-18(4-3-15)6-8-19/h10,17,20H,3-8,11,15H2,1-2H3/b12-10-. The zero-order chi connectivity index (χ0) is 15.9. The van der Waals surface area contributed by atoms with Crippen molar-refractivity contribution in [1.82, 2.24) is 15.1 Å². The molecule has 1 aliphatic rings. The van der Waals surface area contributed by atoms with Gasteiger partial charge in [-0.1, -0.05) is 0 Å². The fraction of sp³-hybridized carbons (Fsp3) is 0.714. The molecule has 0 aromatic carbocycles. The van der Waals surface area contributed by atoms with E-state index in [2.05, 4.69) is 10.2 Å². The number of amides is 1. The van der Waals surface area contributed by atoms with Gasteiger partial charge in [0.25, 0.3) is 5.91 Å². The summed E-state index contributed by atoms with van der Waals surface area (Å²) in [6.45, 7) is 7.67. The summed E-state index contributed by atoms with van der Waals surface area (Å²) in [6.07, 6.45) is 1.39. The molecule has 0 aromatic rings. The molecule has 1 saturated heterocycles. The van der Waals surface area contributed by atoms with E-state index in [1.807, 2.05) is 6.07 Å². The van der Waals surface area contributed by atoms with E-state index in [0.29, 0.717) is 19.6 Å². The molecule has 0 atom stereocenters. The molecule has 7 heteroatoms. The van der Waals surface area contributed by atoms with E-state index in [0.717, 1.165) is 19.6 Å². The number of aliphatic hydroxyl groups excluding tert-OH is 1. The first-order valence-corrected chi connectivity index (χ1v) is 7.14. The number of nitrogens with zero attached hydrogens (tertiary/aromatic N) is 3. The molecule has 1 heterocycles. The number of rotatable bonds is 6. The zero-order valence-electron chi connectivity index (χ0n) is 12.8. The van der Waals surface area contributed by atoms with Crippen molar-refractivity contribution in [3.05, 3.63) is 11.8 Å². The van der Waals surface area contributed by atoms with Gasteiger partial charge in [-0.15, -0.1) is 0 Å².